The van der Waals surface area contributed by atoms with Gasteiger partial charge in [0.2, 0.25) is 5.91 Å². The van der Waals surface area contributed by atoms with Gasteiger partial charge >= 0.3 is 0 Å². The molecular weight excluding hydrogens is 354 g/mol. The third-order valence-corrected chi connectivity index (χ3v) is 5.00. The Morgan fingerprint density at radius 1 is 0.815 bits per heavy atom. The summed E-state index contributed by atoms with van der Waals surface area (Å²) < 4.78 is 5.76. The van der Waals surface area contributed by atoms with E-state index in [2.05, 4.69) is 17.4 Å². The van der Waals surface area contributed by atoms with Crippen molar-refractivity contribution < 1.29 is 9.53 Å². The Morgan fingerprint density at radius 3 is 2.11 bits per heavy atom. The molecule has 0 atom stereocenters. The molecule has 138 valence electrons. The number of carbonyl (C=O) groups is 1. The molecule has 1 N–H and O–H groups in total. The van der Waals surface area contributed by atoms with Gasteiger partial charge in [-0.3, -0.25) is 4.79 Å². The van der Waals surface area contributed by atoms with Gasteiger partial charge in [0, 0.05) is 23.6 Å². The quantitative estimate of drug-likeness (QED) is 0.499. The summed E-state index contributed by atoms with van der Waals surface area (Å²) in [6.07, 6.45) is 0.504. The standard InChI is InChI=1S/C23H23NO2S/c25-23(15-16-27-18-20-9-5-2-6-10-20)24-21-11-13-22(14-12-21)26-17-19-7-3-1-4-8-19/h1-14H,15-18H2,(H,24,25). The predicted octanol–water partition coefficient (Wildman–Crippen LogP) is 5.53. The summed E-state index contributed by atoms with van der Waals surface area (Å²) in [6.45, 7) is 0.533. The van der Waals surface area contributed by atoms with Crippen LogP contribution >= 0.6 is 11.8 Å². The van der Waals surface area contributed by atoms with Crippen LogP contribution in [0, 0.1) is 0 Å². The Bertz CT molecular complexity index is 820. The maximum absolute atomic E-state index is 12.1. The number of rotatable bonds is 9. The summed E-state index contributed by atoms with van der Waals surface area (Å²) in [5.41, 5.74) is 3.21. The molecule has 3 nitrogen and oxygen atoms in total. The number of hydrogen-bond acceptors (Lipinski definition) is 3. The minimum atomic E-state index is 0.0357. The number of hydrogen-bond donors (Lipinski definition) is 1. The number of carbonyl (C=O) groups excluding carboxylic acids is 1. The van der Waals surface area contributed by atoms with Crippen LogP contribution in [0.5, 0.6) is 5.75 Å². The number of amides is 1. The summed E-state index contributed by atoms with van der Waals surface area (Å²) in [4.78, 5) is 12.1. The van der Waals surface area contributed by atoms with Crippen LogP contribution in [0.2, 0.25) is 0 Å². The summed E-state index contributed by atoms with van der Waals surface area (Å²) in [5, 5.41) is 2.93. The van der Waals surface area contributed by atoms with Crippen molar-refractivity contribution in [1.29, 1.82) is 0 Å². The van der Waals surface area contributed by atoms with E-state index in [1.54, 1.807) is 11.8 Å². The predicted molar refractivity (Wildman–Crippen MR) is 113 cm³/mol. The molecule has 0 spiro atoms. The molecule has 1 amide bonds. The summed E-state index contributed by atoms with van der Waals surface area (Å²) in [5.74, 6) is 2.56. The van der Waals surface area contributed by atoms with E-state index in [-0.39, 0.29) is 5.91 Å². The summed E-state index contributed by atoms with van der Waals surface area (Å²) >= 11 is 1.77. The van der Waals surface area contributed by atoms with Crippen molar-refractivity contribution >= 4 is 23.4 Å². The van der Waals surface area contributed by atoms with E-state index in [0.717, 1.165) is 28.5 Å². The molecule has 0 fully saturated rings. The van der Waals surface area contributed by atoms with Gasteiger partial charge in [-0.15, -0.1) is 0 Å². The Kier molecular flexibility index (Phi) is 7.36. The second-order valence-electron chi connectivity index (χ2n) is 6.14. The van der Waals surface area contributed by atoms with Gasteiger partial charge < -0.3 is 10.1 Å². The highest BCUT2D eigenvalue weighted by molar-refractivity contribution is 7.98. The molecule has 3 aromatic rings. The maximum Gasteiger partial charge on any atom is 0.225 e. The molecule has 0 aliphatic rings. The van der Waals surface area contributed by atoms with Crippen molar-refractivity contribution in [2.45, 2.75) is 18.8 Å². The molecule has 4 heteroatoms. The van der Waals surface area contributed by atoms with Crippen LogP contribution in [0.15, 0.2) is 84.9 Å². The Balaban J connectivity index is 1.36. The lowest BCUT2D eigenvalue weighted by Gasteiger charge is -2.08. The normalized spacial score (nSPS) is 10.4. The first-order valence-electron chi connectivity index (χ1n) is 8.98. The van der Waals surface area contributed by atoms with E-state index >= 15 is 0 Å². The molecule has 0 radical (unpaired) electrons. The topological polar surface area (TPSA) is 38.3 Å². The number of ether oxygens (including phenoxy) is 1. The van der Waals surface area contributed by atoms with Gasteiger partial charge in [-0.2, -0.15) is 11.8 Å². The molecule has 0 unspecified atom stereocenters. The van der Waals surface area contributed by atoms with Gasteiger partial charge in [-0.05, 0) is 35.4 Å². The first kappa shape index (κ1) is 19.1. The highest BCUT2D eigenvalue weighted by Crippen LogP contribution is 2.18. The number of anilines is 1. The van der Waals surface area contributed by atoms with Gasteiger partial charge in [-0.1, -0.05) is 60.7 Å². The van der Waals surface area contributed by atoms with Crippen LogP contribution in [0.1, 0.15) is 17.5 Å². The average Bonchev–Trinajstić information content (AvgIpc) is 2.72. The Hall–Kier alpha value is -2.72. The van der Waals surface area contributed by atoms with Crippen molar-refractivity contribution in [3.05, 3.63) is 96.1 Å². The fourth-order valence-corrected chi connectivity index (χ4v) is 3.43. The van der Waals surface area contributed by atoms with Crippen LogP contribution in [0.3, 0.4) is 0 Å². The first-order valence-corrected chi connectivity index (χ1v) is 10.1. The molecule has 0 aromatic heterocycles. The molecule has 3 aromatic carbocycles. The Labute approximate surface area is 164 Å². The SMILES string of the molecule is O=C(CCSCc1ccccc1)Nc1ccc(OCc2ccccc2)cc1. The van der Waals surface area contributed by atoms with Crippen LogP contribution in [0.25, 0.3) is 0 Å². The highest BCUT2D eigenvalue weighted by Gasteiger charge is 2.03. The summed E-state index contributed by atoms with van der Waals surface area (Å²) in [6, 6.07) is 27.8. The molecule has 0 bridgehead atoms. The first-order chi connectivity index (χ1) is 13.3. The fourth-order valence-electron chi connectivity index (χ4n) is 2.53. The van der Waals surface area contributed by atoms with Crippen molar-refractivity contribution in [3.63, 3.8) is 0 Å². The smallest absolute Gasteiger partial charge is 0.225 e. The minimum absolute atomic E-state index is 0.0357. The van der Waals surface area contributed by atoms with Gasteiger partial charge in [0.15, 0.2) is 0 Å². The lowest BCUT2D eigenvalue weighted by atomic mass is 10.2. The molecule has 0 saturated heterocycles. The second-order valence-corrected chi connectivity index (χ2v) is 7.24. The van der Waals surface area contributed by atoms with Gasteiger partial charge in [0.25, 0.3) is 0 Å². The molecule has 27 heavy (non-hydrogen) atoms. The van der Waals surface area contributed by atoms with Crippen molar-refractivity contribution in [2.24, 2.45) is 0 Å². The molecular formula is C23H23NO2S. The van der Waals surface area contributed by atoms with Gasteiger partial charge in [-0.25, -0.2) is 0 Å². The van der Waals surface area contributed by atoms with Gasteiger partial charge in [0.05, 0.1) is 0 Å². The third-order valence-electron chi connectivity index (χ3n) is 3.97. The Morgan fingerprint density at radius 2 is 1.44 bits per heavy atom. The van der Waals surface area contributed by atoms with Crippen molar-refractivity contribution in [1.82, 2.24) is 0 Å². The zero-order valence-corrected chi connectivity index (χ0v) is 16.0. The lowest BCUT2D eigenvalue weighted by molar-refractivity contribution is -0.115. The van der Waals surface area contributed by atoms with Crippen molar-refractivity contribution in [3.8, 4) is 5.75 Å². The third kappa shape index (κ3) is 6.83. The molecule has 0 aliphatic heterocycles. The van der Waals surface area contributed by atoms with E-state index in [1.807, 2.05) is 72.8 Å². The highest BCUT2D eigenvalue weighted by atomic mass is 32.2. The molecule has 0 heterocycles. The van der Waals surface area contributed by atoms with E-state index < -0.39 is 0 Å². The molecule has 0 saturated carbocycles. The summed E-state index contributed by atoms with van der Waals surface area (Å²) in [7, 11) is 0. The zero-order chi connectivity index (χ0) is 18.7. The zero-order valence-electron chi connectivity index (χ0n) is 15.1. The van der Waals surface area contributed by atoms with Crippen LogP contribution in [-0.4, -0.2) is 11.7 Å². The number of nitrogens with one attached hydrogen (secondary N) is 1. The molecule has 3 rings (SSSR count). The van der Waals surface area contributed by atoms with Crippen LogP contribution in [-0.2, 0) is 17.2 Å². The lowest BCUT2D eigenvalue weighted by Crippen LogP contribution is -2.12. The number of benzene rings is 3. The monoisotopic (exact) mass is 377 g/mol. The van der Waals surface area contributed by atoms with Crippen LogP contribution in [0.4, 0.5) is 5.69 Å². The fraction of sp³-hybridized carbons (Fsp3) is 0.174. The molecule has 0 aliphatic carbocycles. The van der Waals surface area contributed by atoms with E-state index in [1.165, 1.54) is 5.56 Å². The largest absolute Gasteiger partial charge is 0.489 e. The van der Waals surface area contributed by atoms with E-state index in [9.17, 15) is 4.79 Å². The number of thioether (sulfide) groups is 1. The second kappa shape index (κ2) is 10.4. The average molecular weight is 378 g/mol. The van der Waals surface area contributed by atoms with E-state index in [0.29, 0.717) is 13.0 Å². The van der Waals surface area contributed by atoms with Crippen molar-refractivity contribution in [2.75, 3.05) is 11.1 Å². The van der Waals surface area contributed by atoms with Crippen LogP contribution < -0.4 is 10.1 Å². The maximum atomic E-state index is 12.1. The van der Waals surface area contributed by atoms with Gasteiger partial charge in [0.1, 0.15) is 12.4 Å². The van der Waals surface area contributed by atoms with E-state index in [4.69, 9.17) is 4.74 Å². The minimum Gasteiger partial charge on any atom is -0.489 e.